The molecule has 0 aliphatic carbocycles. The molecule has 1 heterocycles. The zero-order chi connectivity index (χ0) is 14.5. The Kier molecular flexibility index (Phi) is 5.52. The van der Waals surface area contributed by atoms with Crippen LogP contribution in [0.1, 0.15) is 30.5 Å². The van der Waals surface area contributed by atoms with Crippen LogP contribution in [-0.2, 0) is 6.42 Å². The molecule has 0 aliphatic heterocycles. The maximum atomic E-state index is 14.0. The fourth-order valence-electron chi connectivity index (χ4n) is 2.16. The lowest BCUT2D eigenvalue weighted by atomic mass is 9.99. The molecule has 2 aromatic rings. The van der Waals surface area contributed by atoms with E-state index in [2.05, 4.69) is 10.7 Å². The van der Waals surface area contributed by atoms with Gasteiger partial charge < -0.3 is 5.32 Å². The summed E-state index contributed by atoms with van der Waals surface area (Å²) in [5.74, 6) is -1.05. The number of thiophene rings is 1. The van der Waals surface area contributed by atoms with Crippen molar-refractivity contribution in [1.82, 2.24) is 5.32 Å². The molecular weight excluding hydrogens is 300 g/mol. The molecule has 0 saturated heterocycles. The first-order valence-corrected chi connectivity index (χ1v) is 7.82. The Hall–Kier alpha value is -0.970. The highest BCUT2D eigenvalue weighted by Gasteiger charge is 2.17. The number of halogens is 3. The Morgan fingerprint density at radius 1 is 1.30 bits per heavy atom. The summed E-state index contributed by atoms with van der Waals surface area (Å²) in [6.07, 6.45) is 1.54. The molecule has 20 heavy (non-hydrogen) atoms. The fourth-order valence-corrected chi connectivity index (χ4v) is 3.02. The highest BCUT2D eigenvalue weighted by Crippen LogP contribution is 2.27. The third-order valence-electron chi connectivity index (χ3n) is 3.17. The summed E-state index contributed by atoms with van der Waals surface area (Å²) in [6.45, 7) is 2.64. The van der Waals surface area contributed by atoms with Gasteiger partial charge in [0.15, 0.2) is 0 Å². The summed E-state index contributed by atoms with van der Waals surface area (Å²) >= 11 is 7.23. The summed E-state index contributed by atoms with van der Waals surface area (Å²) in [5, 5.41) is 7.11. The second-order valence-electron chi connectivity index (χ2n) is 4.57. The summed E-state index contributed by atoms with van der Waals surface area (Å²) in [7, 11) is 0. The Morgan fingerprint density at radius 3 is 2.75 bits per heavy atom. The van der Waals surface area contributed by atoms with Gasteiger partial charge in [-0.2, -0.15) is 11.3 Å². The number of rotatable bonds is 6. The van der Waals surface area contributed by atoms with Crippen molar-refractivity contribution >= 4 is 22.9 Å². The van der Waals surface area contributed by atoms with Gasteiger partial charge in [0.2, 0.25) is 0 Å². The van der Waals surface area contributed by atoms with Crippen LogP contribution in [0.4, 0.5) is 8.78 Å². The van der Waals surface area contributed by atoms with Crippen molar-refractivity contribution in [3.05, 3.63) is 56.7 Å². The first-order chi connectivity index (χ1) is 9.61. The molecular formula is C15H16ClF2NS. The van der Waals surface area contributed by atoms with E-state index in [1.807, 2.05) is 18.4 Å². The van der Waals surface area contributed by atoms with E-state index in [1.54, 1.807) is 11.3 Å². The van der Waals surface area contributed by atoms with Gasteiger partial charge in [0.05, 0.1) is 5.02 Å². The summed E-state index contributed by atoms with van der Waals surface area (Å²) in [5.41, 5.74) is 1.55. The SMILES string of the molecule is CCNC(CCc1ccsc1)c1cc(F)c(Cl)cc1F. The normalized spacial score (nSPS) is 12.6. The van der Waals surface area contributed by atoms with Gasteiger partial charge in [0, 0.05) is 11.6 Å². The van der Waals surface area contributed by atoms with Crippen molar-refractivity contribution in [3.8, 4) is 0 Å². The lowest BCUT2D eigenvalue weighted by molar-refractivity contribution is 0.480. The Morgan fingerprint density at radius 2 is 2.10 bits per heavy atom. The van der Waals surface area contributed by atoms with Crippen LogP contribution in [0.2, 0.25) is 5.02 Å². The molecule has 1 N–H and O–H groups in total. The number of hydrogen-bond acceptors (Lipinski definition) is 2. The van der Waals surface area contributed by atoms with Gasteiger partial charge in [-0.05, 0) is 53.9 Å². The predicted molar refractivity (Wildman–Crippen MR) is 80.4 cm³/mol. The quantitative estimate of drug-likeness (QED) is 0.743. The molecule has 0 amide bonds. The van der Waals surface area contributed by atoms with Crippen molar-refractivity contribution in [1.29, 1.82) is 0 Å². The van der Waals surface area contributed by atoms with E-state index in [9.17, 15) is 8.78 Å². The Bertz CT molecular complexity index is 557. The van der Waals surface area contributed by atoms with E-state index in [0.29, 0.717) is 18.5 Å². The van der Waals surface area contributed by atoms with Crippen molar-refractivity contribution in [3.63, 3.8) is 0 Å². The van der Waals surface area contributed by atoms with E-state index < -0.39 is 11.6 Å². The molecule has 1 aromatic carbocycles. The molecule has 0 spiro atoms. The van der Waals surface area contributed by atoms with Crippen LogP contribution in [0.15, 0.2) is 29.0 Å². The summed E-state index contributed by atoms with van der Waals surface area (Å²) < 4.78 is 27.5. The van der Waals surface area contributed by atoms with Crippen molar-refractivity contribution in [2.24, 2.45) is 0 Å². The van der Waals surface area contributed by atoms with Gasteiger partial charge in [-0.3, -0.25) is 0 Å². The van der Waals surface area contributed by atoms with Gasteiger partial charge in [0.25, 0.3) is 0 Å². The van der Waals surface area contributed by atoms with E-state index >= 15 is 0 Å². The van der Waals surface area contributed by atoms with Crippen LogP contribution in [0, 0.1) is 11.6 Å². The smallest absolute Gasteiger partial charge is 0.142 e. The lowest BCUT2D eigenvalue weighted by Gasteiger charge is -2.19. The summed E-state index contributed by atoms with van der Waals surface area (Å²) in [6, 6.07) is 4.07. The molecule has 2 rings (SSSR count). The Balaban J connectivity index is 2.17. The highest BCUT2D eigenvalue weighted by atomic mass is 35.5. The van der Waals surface area contributed by atoms with Gasteiger partial charge in [-0.1, -0.05) is 18.5 Å². The second kappa shape index (κ2) is 7.16. The van der Waals surface area contributed by atoms with Crippen molar-refractivity contribution < 1.29 is 8.78 Å². The molecule has 5 heteroatoms. The molecule has 1 unspecified atom stereocenters. The topological polar surface area (TPSA) is 12.0 Å². The fraction of sp³-hybridized carbons (Fsp3) is 0.333. The van der Waals surface area contributed by atoms with Gasteiger partial charge in [-0.25, -0.2) is 8.78 Å². The minimum atomic E-state index is -0.582. The number of hydrogen-bond donors (Lipinski definition) is 1. The van der Waals surface area contributed by atoms with Gasteiger partial charge >= 0.3 is 0 Å². The number of benzene rings is 1. The van der Waals surface area contributed by atoms with Crippen LogP contribution in [-0.4, -0.2) is 6.54 Å². The molecule has 0 bridgehead atoms. The van der Waals surface area contributed by atoms with E-state index in [-0.39, 0.29) is 11.1 Å². The van der Waals surface area contributed by atoms with E-state index in [0.717, 1.165) is 12.5 Å². The molecule has 0 fully saturated rings. The monoisotopic (exact) mass is 315 g/mol. The molecule has 1 nitrogen and oxygen atoms in total. The predicted octanol–water partition coefficient (Wildman–Crippen LogP) is 4.96. The lowest BCUT2D eigenvalue weighted by Crippen LogP contribution is -2.22. The first kappa shape index (κ1) is 15.4. The minimum Gasteiger partial charge on any atom is -0.310 e. The zero-order valence-electron chi connectivity index (χ0n) is 11.1. The summed E-state index contributed by atoms with van der Waals surface area (Å²) in [4.78, 5) is 0. The zero-order valence-corrected chi connectivity index (χ0v) is 12.7. The standard InChI is InChI=1S/C15H16ClF2NS/c1-2-19-15(4-3-10-5-6-20-9-10)11-7-14(18)12(16)8-13(11)17/h5-9,15,19H,2-4H2,1H3. The number of nitrogens with one attached hydrogen (secondary N) is 1. The third-order valence-corrected chi connectivity index (χ3v) is 4.19. The van der Waals surface area contributed by atoms with Gasteiger partial charge in [0.1, 0.15) is 11.6 Å². The molecule has 1 atom stereocenters. The molecule has 0 aliphatic rings. The van der Waals surface area contributed by atoms with E-state index in [4.69, 9.17) is 11.6 Å². The molecule has 0 saturated carbocycles. The highest BCUT2D eigenvalue weighted by molar-refractivity contribution is 7.07. The molecule has 0 radical (unpaired) electrons. The number of aryl methyl sites for hydroxylation is 1. The van der Waals surface area contributed by atoms with Crippen LogP contribution >= 0.6 is 22.9 Å². The maximum Gasteiger partial charge on any atom is 0.142 e. The van der Waals surface area contributed by atoms with Crippen LogP contribution < -0.4 is 5.32 Å². The molecule has 108 valence electrons. The second-order valence-corrected chi connectivity index (χ2v) is 5.76. The van der Waals surface area contributed by atoms with Crippen molar-refractivity contribution in [2.45, 2.75) is 25.8 Å². The van der Waals surface area contributed by atoms with Crippen molar-refractivity contribution in [2.75, 3.05) is 6.54 Å². The first-order valence-electron chi connectivity index (χ1n) is 6.50. The Labute approximate surface area is 126 Å². The van der Waals surface area contributed by atoms with Crippen LogP contribution in [0.3, 0.4) is 0 Å². The van der Waals surface area contributed by atoms with Crippen LogP contribution in [0.25, 0.3) is 0 Å². The average Bonchev–Trinajstić information content (AvgIpc) is 2.92. The third kappa shape index (κ3) is 3.78. The maximum absolute atomic E-state index is 14.0. The minimum absolute atomic E-state index is 0.181. The average molecular weight is 316 g/mol. The molecule has 1 aromatic heterocycles. The largest absolute Gasteiger partial charge is 0.310 e. The van der Waals surface area contributed by atoms with Crippen LogP contribution in [0.5, 0.6) is 0 Å². The van der Waals surface area contributed by atoms with E-state index in [1.165, 1.54) is 11.6 Å². The van der Waals surface area contributed by atoms with Gasteiger partial charge in [-0.15, -0.1) is 0 Å².